The van der Waals surface area contributed by atoms with E-state index in [1.165, 1.54) is 0 Å². The van der Waals surface area contributed by atoms with Gasteiger partial charge in [0.05, 0.1) is 11.2 Å². The van der Waals surface area contributed by atoms with Crippen LogP contribution in [-0.4, -0.2) is 39.7 Å². The predicted molar refractivity (Wildman–Crippen MR) is 87.5 cm³/mol. The number of H-pyrrole nitrogens is 1. The minimum absolute atomic E-state index is 0.243. The van der Waals surface area contributed by atoms with E-state index in [9.17, 15) is 5.26 Å². The van der Waals surface area contributed by atoms with Gasteiger partial charge in [0.25, 0.3) is 0 Å². The van der Waals surface area contributed by atoms with Gasteiger partial charge in [0.1, 0.15) is 11.6 Å². The highest BCUT2D eigenvalue weighted by molar-refractivity contribution is 5.99. The van der Waals surface area contributed by atoms with Gasteiger partial charge in [-0.3, -0.25) is 4.98 Å². The van der Waals surface area contributed by atoms with E-state index in [1.54, 1.807) is 12.4 Å². The number of nitrogens with zero attached hydrogens (tertiary/aromatic N) is 6. The molecule has 0 spiro atoms. The zero-order chi connectivity index (χ0) is 16.2. The molecule has 0 saturated heterocycles. The Hall–Kier alpha value is -3.47. The summed E-state index contributed by atoms with van der Waals surface area (Å²) in [5, 5.41) is 26.7. The van der Waals surface area contributed by atoms with Crippen LogP contribution in [0.15, 0.2) is 36.7 Å². The van der Waals surface area contributed by atoms with E-state index in [-0.39, 0.29) is 11.4 Å². The molecule has 0 aliphatic rings. The molecular weight excluding hydrogens is 292 g/mol. The summed E-state index contributed by atoms with van der Waals surface area (Å²) in [7, 11) is 3.95. The van der Waals surface area contributed by atoms with Crippen molar-refractivity contribution in [1.29, 1.82) is 5.26 Å². The number of allylic oxidation sites excluding steroid dienone is 1. The molecule has 0 radical (unpaired) electrons. The lowest BCUT2D eigenvalue weighted by atomic mass is 10.1. The minimum Gasteiger partial charge on any atom is -0.376 e. The molecule has 2 aromatic heterocycles. The third-order valence-corrected chi connectivity index (χ3v) is 3.31. The molecule has 3 aromatic rings. The van der Waals surface area contributed by atoms with Crippen molar-refractivity contribution in [3.05, 3.63) is 42.5 Å². The Bertz CT molecular complexity index is 889. The number of rotatable bonds is 4. The number of fused-ring (bicyclic) bond motifs is 1. The average Bonchev–Trinajstić information content (AvgIpc) is 3.09. The Labute approximate surface area is 132 Å². The molecule has 0 atom stereocenters. The minimum atomic E-state index is 0.243. The third-order valence-electron chi connectivity index (χ3n) is 3.31. The van der Waals surface area contributed by atoms with Crippen LogP contribution in [0.3, 0.4) is 0 Å². The second-order valence-electron chi connectivity index (χ2n) is 4.98. The Morgan fingerprint density at radius 3 is 2.91 bits per heavy atom. The Balaban J connectivity index is 2.02. The maximum atomic E-state index is 9.21. The second kappa shape index (κ2) is 6.11. The summed E-state index contributed by atoms with van der Waals surface area (Å²) < 4.78 is 0. The topological polar surface area (TPSA) is 106 Å². The monoisotopic (exact) mass is 306 g/mol. The quantitative estimate of drug-likeness (QED) is 0.708. The molecule has 114 valence electrons. The molecule has 1 aromatic carbocycles. The highest BCUT2D eigenvalue weighted by Crippen LogP contribution is 2.30. The van der Waals surface area contributed by atoms with Crippen molar-refractivity contribution >= 4 is 27.9 Å². The predicted octanol–water partition coefficient (Wildman–Crippen LogP) is 1.79. The lowest BCUT2D eigenvalue weighted by molar-refractivity contribution is 0.881. The third kappa shape index (κ3) is 2.80. The SMILES string of the molecule is CN(C)c1ccc(NC=C(C#N)c2nn[nH]n2)c2cccnc12. The van der Waals surface area contributed by atoms with Crippen LogP contribution in [0.25, 0.3) is 16.5 Å². The molecule has 8 nitrogen and oxygen atoms in total. The number of pyridine rings is 1. The van der Waals surface area contributed by atoms with Gasteiger partial charge in [-0.25, -0.2) is 0 Å². The van der Waals surface area contributed by atoms with Gasteiger partial charge in [0, 0.05) is 37.6 Å². The van der Waals surface area contributed by atoms with E-state index in [0.29, 0.717) is 0 Å². The molecule has 0 fully saturated rings. The zero-order valence-electron chi connectivity index (χ0n) is 12.6. The van der Waals surface area contributed by atoms with Crippen molar-refractivity contribution in [3.8, 4) is 6.07 Å². The Kier molecular flexibility index (Phi) is 3.84. The summed E-state index contributed by atoms with van der Waals surface area (Å²) in [6.07, 6.45) is 3.32. The molecule has 0 unspecified atom stereocenters. The van der Waals surface area contributed by atoms with Crippen molar-refractivity contribution in [2.45, 2.75) is 0 Å². The van der Waals surface area contributed by atoms with Gasteiger partial charge < -0.3 is 10.2 Å². The molecule has 0 saturated carbocycles. The number of anilines is 2. The smallest absolute Gasteiger partial charge is 0.216 e. The van der Waals surface area contributed by atoms with Crippen molar-refractivity contribution in [2.24, 2.45) is 0 Å². The summed E-state index contributed by atoms with van der Waals surface area (Å²) in [4.78, 5) is 6.46. The van der Waals surface area contributed by atoms with E-state index < -0.39 is 0 Å². The lowest BCUT2D eigenvalue weighted by Crippen LogP contribution is -2.09. The second-order valence-corrected chi connectivity index (χ2v) is 4.98. The van der Waals surface area contributed by atoms with Gasteiger partial charge in [-0.2, -0.15) is 10.5 Å². The fraction of sp³-hybridized carbons (Fsp3) is 0.133. The van der Waals surface area contributed by atoms with E-state index in [1.807, 2.05) is 49.3 Å². The molecule has 0 amide bonds. The van der Waals surface area contributed by atoms with E-state index >= 15 is 0 Å². The first-order chi connectivity index (χ1) is 11.2. The van der Waals surface area contributed by atoms with Crippen molar-refractivity contribution in [3.63, 3.8) is 0 Å². The number of nitrogens with one attached hydrogen (secondary N) is 2. The molecule has 2 N–H and O–H groups in total. The van der Waals surface area contributed by atoms with Crippen molar-refractivity contribution in [1.82, 2.24) is 25.6 Å². The summed E-state index contributed by atoms with van der Waals surface area (Å²) >= 11 is 0. The molecule has 3 rings (SSSR count). The molecule has 8 heteroatoms. The highest BCUT2D eigenvalue weighted by Gasteiger charge is 2.09. The highest BCUT2D eigenvalue weighted by atomic mass is 15.5. The van der Waals surface area contributed by atoms with Gasteiger partial charge in [-0.1, -0.05) is 0 Å². The zero-order valence-corrected chi connectivity index (χ0v) is 12.6. The Morgan fingerprint density at radius 1 is 1.35 bits per heavy atom. The summed E-state index contributed by atoms with van der Waals surface area (Å²) in [5.74, 6) is 0.243. The van der Waals surface area contributed by atoms with Crippen LogP contribution in [0.5, 0.6) is 0 Å². The summed E-state index contributed by atoms with van der Waals surface area (Å²) in [6, 6.07) is 9.82. The number of aromatic amines is 1. The number of nitriles is 1. The van der Waals surface area contributed by atoms with Crippen LogP contribution in [0.2, 0.25) is 0 Å². The molecule has 0 aliphatic heterocycles. The first-order valence-corrected chi connectivity index (χ1v) is 6.86. The summed E-state index contributed by atoms with van der Waals surface area (Å²) in [5.41, 5.74) is 3.03. The average molecular weight is 306 g/mol. The normalized spacial score (nSPS) is 11.3. The number of hydrogen-bond acceptors (Lipinski definition) is 7. The fourth-order valence-corrected chi connectivity index (χ4v) is 2.22. The van der Waals surface area contributed by atoms with Crippen LogP contribution >= 0.6 is 0 Å². The van der Waals surface area contributed by atoms with Crippen molar-refractivity contribution < 1.29 is 0 Å². The number of tetrazole rings is 1. The van der Waals surface area contributed by atoms with Crippen LogP contribution in [-0.2, 0) is 0 Å². The van der Waals surface area contributed by atoms with E-state index in [2.05, 4.69) is 30.9 Å². The largest absolute Gasteiger partial charge is 0.376 e. The fourth-order valence-electron chi connectivity index (χ4n) is 2.22. The Morgan fingerprint density at radius 2 is 2.22 bits per heavy atom. The van der Waals surface area contributed by atoms with E-state index in [0.717, 1.165) is 22.3 Å². The van der Waals surface area contributed by atoms with Gasteiger partial charge >= 0.3 is 0 Å². The summed E-state index contributed by atoms with van der Waals surface area (Å²) in [6.45, 7) is 0. The van der Waals surface area contributed by atoms with E-state index in [4.69, 9.17) is 0 Å². The molecule has 23 heavy (non-hydrogen) atoms. The van der Waals surface area contributed by atoms with Crippen LogP contribution in [0.1, 0.15) is 5.82 Å². The molecular formula is C15H14N8. The maximum Gasteiger partial charge on any atom is 0.216 e. The van der Waals surface area contributed by atoms with Gasteiger partial charge in [-0.15, -0.1) is 10.2 Å². The molecule has 2 heterocycles. The number of benzene rings is 1. The van der Waals surface area contributed by atoms with Crippen molar-refractivity contribution in [2.75, 3.05) is 24.3 Å². The van der Waals surface area contributed by atoms with Crippen LogP contribution in [0, 0.1) is 11.3 Å². The first kappa shape index (κ1) is 14.5. The number of aromatic nitrogens is 5. The number of hydrogen-bond donors (Lipinski definition) is 2. The van der Waals surface area contributed by atoms with Crippen LogP contribution in [0.4, 0.5) is 11.4 Å². The van der Waals surface area contributed by atoms with Gasteiger partial charge in [0.15, 0.2) is 0 Å². The van der Waals surface area contributed by atoms with Gasteiger partial charge in [0.2, 0.25) is 5.82 Å². The molecule has 0 aliphatic carbocycles. The molecule has 0 bridgehead atoms. The standard InChI is InChI=1S/C15H14N8/c1-23(2)13-6-5-12(11-4-3-7-17-14(11)13)18-9-10(8-16)15-19-21-22-20-15/h3-7,9,18H,1-2H3,(H,19,20,21,22). The maximum absolute atomic E-state index is 9.21. The van der Waals surface area contributed by atoms with Crippen LogP contribution < -0.4 is 10.2 Å². The lowest BCUT2D eigenvalue weighted by Gasteiger charge is -2.16. The first-order valence-electron chi connectivity index (χ1n) is 6.86. The van der Waals surface area contributed by atoms with Gasteiger partial charge in [-0.05, 0) is 29.5 Å².